The number of hydrogen-bond acceptors (Lipinski definition) is 0. The van der Waals surface area contributed by atoms with Crippen LogP contribution in [-0.4, -0.2) is 8.32 Å². The van der Waals surface area contributed by atoms with Gasteiger partial charge in [0.1, 0.15) is 0 Å². The molecular weight excluding hydrogens is 284 g/mol. The van der Waals surface area contributed by atoms with Gasteiger partial charge in [-0.1, -0.05) is 112 Å². The smallest absolute Gasteiger partial charge is 0.242 e. The van der Waals surface area contributed by atoms with Crippen molar-refractivity contribution in [3.05, 3.63) is 0 Å². The maximum atomic E-state index is 12.9. The third-order valence-corrected chi connectivity index (χ3v) is 10.4. The molecule has 0 saturated heterocycles. The second-order valence-corrected chi connectivity index (χ2v) is 12.6. The van der Waals surface area contributed by atoms with Crippen LogP contribution < -0.4 is 0 Å². The number of rotatable bonds is 15. The molecule has 0 atom stereocenters. The van der Waals surface area contributed by atoms with Gasteiger partial charge >= 0.3 is 0 Å². The van der Waals surface area contributed by atoms with E-state index in [1.165, 1.54) is 77.0 Å². The molecule has 22 heavy (non-hydrogen) atoms. The highest BCUT2D eigenvalue weighted by atomic mass is 28.4. The van der Waals surface area contributed by atoms with Crippen LogP contribution in [0.15, 0.2) is 0 Å². The van der Waals surface area contributed by atoms with Crippen molar-refractivity contribution in [2.75, 3.05) is 0 Å². The fourth-order valence-corrected chi connectivity index (χ4v) is 6.78. The summed E-state index contributed by atoms with van der Waals surface area (Å²) in [6, 6.07) is 1.000. The summed E-state index contributed by atoms with van der Waals surface area (Å²) in [5.74, 6) is 0. The van der Waals surface area contributed by atoms with E-state index < -0.39 is 8.32 Å². The first-order valence-electron chi connectivity index (χ1n) is 10.2. The standard InChI is InChI=1S/C20H43OSi/c1-6-7-8-9-10-11-12-13-14-15-16-17-18-22(21,19(2)3)20(4)5/h19-20H,6-18H2,1-5H3. The summed E-state index contributed by atoms with van der Waals surface area (Å²) in [5, 5.41) is 0. The Hall–Kier alpha value is 0.177. The molecule has 0 aliphatic heterocycles. The van der Waals surface area contributed by atoms with Gasteiger partial charge in [-0.25, -0.2) is 0 Å². The zero-order valence-electron chi connectivity index (χ0n) is 16.3. The summed E-state index contributed by atoms with van der Waals surface area (Å²) in [4.78, 5) is 12.9. The Morgan fingerprint density at radius 1 is 0.591 bits per heavy atom. The Morgan fingerprint density at radius 2 is 0.909 bits per heavy atom. The monoisotopic (exact) mass is 327 g/mol. The van der Waals surface area contributed by atoms with Gasteiger partial charge in [0.15, 0.2) is 0 Å². The highest BCUT2D eigenvalue weighted by molar-refractivity contribution is 6.74. The van der Waals surface area contributed by atoms with E-state index in [2.05, 4.69) is 34.6 Å². The van der Waals surface area contributed by atoms with E-state index in [1.54, 1.807) is 0 Å². The number of hydrogen-bond donors (Lipinski definition) is 0. The molecule has 1 radical (unpaired) electrons. The van der Waals surface area contributed by atoms with E-state index in [9.17, 15) is 4.80 Å². The second-order valence-electron chi connectivity index (χ2n) is 7.90. The Morgan fingerprint density at radius 3 is 1.23 bits per heavy atom. The van der Waals surface area contributed by atoms with Gasteiger partial charge in [-0.2, -0.15) is 0 Å². The first kappa shape index (κ1) is 22.2. The lowest BCUT2D eigenvalue weighted by Crippen LogP contribution is -2.39. The van der Waals surface area contributed by atoms with Crippen LogP contribution in [-0.2, 0) is 4.80 Å². The molecule has 0 fully saturated rings. The molecule has 2 heteroatoms. The van der Waals surface area contributed by atoms with Gasteiger partial charge in [0.2, 0.25) is 8.32 Å². The predicted molar refractivity (Wildman–Crippen MR) is 103 cm³/mol. The molecule has 133 valence electrons. The van der Waals surface area contributed by atoms with E-state index >= 15 is 0 Å². The van der Waals surface area contributed by atoms with Gasteiger partial charge in [-0.15, -0.1) is 0 Å². The SMILES string of the molecule is CCCCCCCCCCCCCC[Si]([O])(C(C)C)C(C)C. The Kier molecular flexibility index (Phi) is 13.7. The largest absolute Gasteiger partial charge is 0.297 e. The van der Waals surface area contributed by atoms with Crippen LogP contribution in [0.3, 0.4) is 0 Å². The molecule has 0 saturated carbocycles. The van der Waals surface area contributed by atoms with Crippen LogP contribution in [0.1, 0.15) is 112 Å². The molecule has 1 nitrogen and oxygen atoms in total. The molecule has 0 aromatic rings. The summed E-state index contributed by atoms with van der Waals surface area (Å²) >= 11 is 0. The van der Waals surface area contributed by atoms with Crippen LogP contribution >= 0.6 is 0 Å². The lowest BCUT2D eigenvalue weighted by Gasteiger charge is -2.30. The van der Waals surface area contributed by atoms with Crippen molar-refractivity contribution < 1.29 is 4.80 Å². The summed E-state index contributed by atoms with van der Waals surface area (Å²) in [6.07, 6.45) is 16.5. The second kappa shape index (κ2) is 13.6. The Balaban J connectivity index is 3.43. The van der Waals surface area contributed by atoms with Crippen LogP contribution in [0.5, 0.6) is 0 Å². The van der Waals surface area contributed by atoms with Crippen LogP contribution in [0.4, 0.5) is 0 Å². The minimum Gasteiger partial charge on any atom is -0.297 e. The van der Waals surface area contributed by atoms with E-state index in [0.29, 0.717) is 11.1 Å². The average molecular weight is 328 g/mol. The van der Waals surface area contributed by atoms with Crippen molar-refractivity contribution in [3.63, 3.8) is 0 Å². The lowest BCUT2D eigenvalue weighted by atomic mass is 10.1. The van der Waals surface area contributed by atoms with Crippen molar-refractivity contribution in [2.24, 2.45) is 0 Å². The van der Waals surface area contributed by atoms with Crippen molar-refractivity contribution in [3.8, 4) is 0 Å². The van der Waals surface area contributed by atoms with E-state index in [0.717, 1.165) is 6.04 Å². The first-order chi connectivity index (χ1) is 10.4. The van der Waals surface area contributed by atoms with E-state index in [4.69, 9.17) is 0 Å². The summed E-state index contributed by atoms with van der Waals surface area (Å²) < 4.78 is 0. The lowest BCUT2D eigenvalue weighted by molar-refractivity contribution is 0.383. The molecule has 0 aromatic heterocycles. The zero-order chi connectivity index (χ0) is 16.8. The maximum absolute atomic E-state index is 12.9. The van der Waals surface area contributed by atoms with Gasteiger partial charge in [0.05, 0.1) is 0 Å². The molecule has 0 heterocycles. The molecule has 0 rings (SSSR count). The Labute approximate surface area is 142 Å². The number of unbranched alkanes of at least 4 members (excludes halogenated alkanes) is 11. The van der Waals surface area contributed by atoms with E-state index in [-0.39, 0.29) is 0 Å². The molecular formula is C20H43OSi. The summed E-state index contributed by atoms with van der Waals surface area (Å²) in [6.45, 7) is 10.9. The van der Waals surface area contributed by atoms with Gasteiger partial charge in [0, 0.05) is 0 Å². The third kappa shape index (κ3) is 10.0. The quantitative estimate of drug-likeness (QED) is 0.215. The molecule has 0 bridgehead atoms. The molecule has 0 aromatic carbocycles. The topological polar surface area (TPSA) is 19.9 Å². The van der Waals surface area contributed by atoms with Crippen LogP contribution in [0, 0.1) is 0 Å². The zero-order valence-corrected chi connectivity index (χ0v) is 17.3. The fourth-order valence-electron chi connectivity index (χ4n) is 3.49. The third-order valence-electron chi connectivity index (χ3n) is 5.38. The van der Waals surface area contributed by atoms with Crippen LogP contribution in [0.25, 0.3) is 0 Å². The average Bonchev–Trinajstić information content (AvgIpc) is 2.47. The van der Waals surface area contributed by atoms with Crippen molar-refractivity contribution in [1.29, 1.82) is 0 Å². The van der Waals surface area contributed by atoms with Gasteiger partial charge in [-0.3, -0.25) is 4.80 Å². The fraction of sp³-hybridized carbons (Fsp3) is 1.00. The molecule has 0 amide bonds. The minimum atomic E-state index is -2.25. The van der Waals surface area contributed by atoms with E-state index in [1.807, 2.05) is 0 Å². The highest BCUT2D eigenvalue weighted by Crippen LogP contribution is 2.35. The summed E-state index contributed by atoms with van der Waals surface area (Å²) in [5.41, 5.74) is 0.778. The van der Waals surface area contributed by atoms with Crippen molar-refractivity contribution in [2.45, 2.75) is 129 Å². The molecule has 0 N–H and O–H groups in total. The first-order valence-corrected chi connectivity index (χ1v) is 12.4. The Bertz CT molecular complexity index is 230. The van der Waals surface area contributed by atoms with Crippen LogP contribution in [0.2, 0.25) is 17.1 Å². The maximum Gasteiger partial charge on any atom is 0.242 e. The van der Waals surface area contributed by atoms with Gasteiger partial charge in [0.25, 0.3) is 0 Å². The van der Waals surface area contributed by atoms with Gasteiger partial charge in [-0.05, 0) is 17.1 Å². The van der Waals surface area contributed by atoms with Gasteiger partial charge < -0.3 is 0 Å². The molecule has 0 spiro atoms. The molecule has 0 unspecified atom stereocenters. The van der Waals surface area contributed by atoms with Crippen molar-refractivity contribution >= 4 is 8.32 Å². The predicted octanol–water partition coefficient (Wildman–Crippen LogP) is 7.88. The summed E-state index contributed by atoms with van der Waals surface area (Å²) in [7, 11) is -2.25. The van der Waals surface area contributed by atoms with Crippen molar-refractivity contribution in [1.82, 2.24) is 0 Å². The highest BCUT2D eigenvalue weighted by Gasteiger charge is 2.40. The molecule has 0 aliphatic rings. The normalized spacial score (nSPS) is 12.5. The minimum absolute atomic E-state index is 0.389. The molecule has 0 aliphatic carbocycles.